The summed E-state index contributed by atoms with van der Waals surface area (Å²) in [6, 6.07) is 18.7. The molecule has 35 heavy (non-hydrogen) atoms. The van der Waals surface area contributed by atoms with Gasteiger partial charge in [0.1, 0.15) is 17.3 Å². The second kappa shape index (κ2) is 10.6. The Kier molecular flexibility index (Phi) is 7.30. The van der Waals surface area contributed by atoms with E-state index in [9.17, 15) is 19.1 Å². The summed E-state index contributed by atoms with van der Waals surface area (Å²) in [6.45, 7) is 4.59. The number of aliphatic hydroxyl groups is 1. The molecule has 3 aromatic carbocycles. The van der Waals surface area contributed by atoms with Crippen LogP contribution in [0.1, 0.15) is 48.9 Å². The van der Waals surface area contributed by atoms with Crippen LogP contribution in [-0.2, 0) is 9.59 Å². The number of aliphatic hydroxyl groups excluding tert-OH is 1. The summed E-state index contributed by atoms with van der Waals surface area (Å²) in [5.41, 5.74) is 2.11. The van der Waals surface area contributed by atoms with Crippen LogP contribution in [0.3, 0.4) is 0 Å². The van der Waals surface area contributed by atoms with E-state index in [4.69, 9.17) is 4.74 Å². The molecular formula is C29H28FNO4. The largest absolute Gasteiger partial charge is 0.507 e. The summed E-state index contributed by atoms with van der Waals surface area (Å²) < 4.78 is 19.8. The van der Waals surface area contributed by atoms with E-state index in [1.165, 1.54) is 23.1 Å². The number of nitrogens with zero attached hydrogens (tertiary/aromatic N) is 1. The number of hydrogen-bond acceptors (Lipinski definition) is 4. The molecular weight excluding hydrogens is 445 g/mol. The Balaban J connectivity index is 1.77. The standard InChI is InChI=1S/C29H28FNO4/c1-3-4-7-17-35-23-15-13-20(14-16-23)27(32)25-26(24-12-6-5-9-19(24)2)31(29(34)28(25)33)22-11-8-10-21(30)18-22/h5-6,8-16,18,26,32H,3-4,7,17H2,1-2H3/b27-25+. The monoisotopic (exact) mass is 473 g/mol. The molecule has 0 aliphatic carbocycles. The lowest BCUT2D eigenvalue weighted by molar-refractivity contribution is -0.132. The fraction of sp³-hybridized carbons (Fsp3) is 0.241. The van der Waals surface area contributed by atoms with E-state index in [0.717, 1.165) is 24.8 Å². The summed E-state index contributed by atoms with van der Waals surface area (Å²) in [4.78, 5) is 27.7. The van der Waals surface area contributed by atoms with E-state index in [1.54, 1.807) is 42.5 Å². The Morgan fingerprint density at radius 1 is 1.00 bits per heavy atom. The summed E-state index contributed by atoms with van der Waals surface area (Å²) in [5.74, 6) is -1.79. The molecule has 4 rings (SSSR count). The Labute approximate surface area is 204 Å². The lowest BCUT2D eigenvalue weighted by atomic mass is 9.92. The predicted molar refractivity (Wildman–Crippen MR) is 134 cm³/mol. The van der Waals surface area contributed by atoms with Crippen LogP contribution >= 0.6 is 0 Å². The molecule has 0 radical (unpaired) electrons. The number of anilines is 1. The van der Waals surface area contributed by atoms with Crippen molar-refractivity contribution >= 4 is 23.1 Å². The molecule has 1 heterocycles. The van der Waals surface area contributed by atoms with E-state index in [1.807, 2.05) is 19.1 Å². The lowest BCUT2D eigenvalue weighted by Crippen LogP contribution is -2.29. The molecule has 0 saturated carbocycles. The van der Waals surface area contributed by atoms with Crippen LogP contribution in [0.2, 0.25) is 0 Å². The number of Topliss-reactive ketones (excluding diaryl/α,β-unsaturated/α-hetero) is 1. The van der Waals surface area contributed by atoms with Crippen molar-refractivity contribution in [2.45, 2.75) is 39.2 Å². The van der Waals surface area contributed by atoms with Crippen LogP contribution in [0.4, 0.5) is 10.1 Å². The number of halogens is 1. The number of hydrogen-bond donors (Lipinski definition) is 1. The third-order valence-electron chi connectivity index (χ3n) is 6.16. The van der Waals surface area contributed by atoms with Crippen molar-refractivity contribution in [3.8, 4) is 5.75 Å². The van der Waals surface area contributed by atoms with Gasteiger partial charge in [-0.25, -0.2) is 4.39 Å². The first-order chi connectivity index (χ1) is 16.9. The van der Waals surface area contributed by atoms with E-state index >= 15 is 0 Å². The Bertz CT molecular complexity index is 1270. The minimum atomic E-state index is -0.900. The van der Waals surface area contributed by atoms with Crippen molar-refractivity contribution < 1.29 is 23.8 Å². The molecule has 0 aromatic heterocycles. The molecule has 5 nitrogen and oxygen atoms in total. The average Bonchev–Trinajstić information content (AvgIpc) is 3.12. The van der Waals surface area contributed by atoms with Gasteiger partial charge in [0.25, 0.3) is 11.7 Å². The average molecular weight is 474 g/mol. The summed E-state index contributed by atoms with van der Waals surface area (Å²) in [7, 11) is 0. The van der Waals surface area contributed by atoms with E-state index in [0.29, 0.717) is 23.5 Å². The predicted octanol–water partition coefficient (Wildman–Crippen LogP) is 6.33. The molecule has 180 valence electrons. The number of ether oxygens (including phenoxy) is 1. The number of carbonyl (C=O) groups excluding carboxylic acids is 2. The number of rotatable bonds is 8. The van der Waals surface area contributed by atoms with Gasteiger partial charge in [0.05, 0.1) is 18.2 Å². The van der Waals surface area contributed by atoms with Crippen molar-refractivity contribution in [3.05, 3.63) is 101 Å². The number of benzene rings is 3. The Morgan fingerprint density at radius 3 is 2.43 bits per heavy atom. The Hall–Kier alpha value is -3.93. The molecule has 3 aromatic rings. The summed E-state index contributed by atoms with van der Waals surface area (Å²) in [6.07, 6.45) is 3.15. The highest BCUT2D eigenvalue weighted by Gasteiger charge is 2.47. The van der Waals surface area contributed by atoms with Gasteiger partial charge < -0.3 is 9.84 Å². The van der Waals surface area contributed by atoms with Gasteiger partial charge in [-0.05, 0) is 66.9 Å². The van der Waals surface area contributed by atoms with Crippen molar-refractivity contribution in [2.24, 2.45) is 0 Å². The number of carbonyl (C=O) groups is 2. The van der Waals surface area contributed by atoms with E-state index in [2.05, 4.69) is 6.92 Å². The van der Waals surface area contributed by atoms with Gasteiger partial charge in [0.2, 0.25) is 0 Å². The molecule has 1 amide bonds. The highest BCUT2D eigenvalue weighted by Crippen LogP contribution is 2.43. The lowest BCUT2D eigenvalue weighted by Gasteiger charge is -2.26. The molecule has 0 spiro atoms. The minimum absolute atomic E-state index is 0.0369. The van der Waals surface area contributed by atoms with Crippen LogP contribution < -0.4 is 9.64 Å². The molecule has 1 atom stereocenters. The molecule has 1 aliphatic heterocycles. The second-order valence-corrected chi connectivity index (χ2v) is 8.59. The first-order valence-electron chi connectivity index (χ1n) is 11.8. The van der Waals surface area contributed by atoms with Crippen LogP contribution in [0.25, 0.3) is 5.76 Å². The Morgan fingerprint density at radius 2 is 1.74 bits per heavy atom. The maximum Gasteiger partial charge on any atom is 0.300 e. The summed E-state index contributed by atoms with van der Waals surface area (Å²) >= 11 is 0. The van der Waals surface area contributed by atoms with Gasteiger partial charge in [-0.15, -0.1) is 0 Å². The minimum Gasteiger partial charge on any atom is -0.507 e. The molecule has 0 bridgehead atoms. The first kappa shape index (κ1) is 24.2. The van der Waals surface area contributed by atoms with Crippen molar-refractivity contribution in [1.82, 2.24) is 0 Å². The molecule has 1 aliphatic rings. The van der Waals surface area contributed by atoms with Crippen molar-refractivity contribution in [2.75, 3.05) is 11.5 Å². The van der Waals surface area contributed by atoms with Crippen LogP contribution in [0.15, 0.2) is 78.4 Å². The van der Waals surface area contributed by atoms with Crippen LogP contribution in [0, 0.1) is 12.7 Å². The fourth-order valence-electron chi connectivity index (χ4n) is 4.32. The third kappa shape index (κ3) is 4.97. The summed E-state index contributed by atoms with van der Waals surface area (Å²) in [5, 5.41) is 11.3. The molecule has 6 heteroatoms. The highest BCUT2D eigenvalue weighted by molar-refractivity contribution is 6.51. The van der Waals surface area contributed by atoms with Crippen molar-refractivity contribution in [3.63, 3.8) is 0 Å². The van der Waals surface area contributed by atoms with E-state index in [-0.39, 0.29) is 17.0 Å². The molecule has 1 N–H and O–H groups in total. The second-order valence-electron chi connectivity index (χ2n) is 8.59. The number of amides is 1. The topological polar surface area (TPSA) is 66.8 Å². The van der Waals surface area contributed by atoms with Gasteiger partial charge in [-0.3, -0.25) is 14.5 Å². The quantitative estimate of drug-likeness (QED) is 0.180. The molecule has 1 saturated heterocycles. The zero-order chi connectivity index (χ0) is 24.9. The van der Waals surface area contributed by atoms with Crippen LogP contribution in [-0.4, -0.2) is 23.4 Å². The normalized spacial score (nSPS) is 17.1. The maximum atomic E-state index is 14.0. The molecule has 1 fully saturated rings. The highest BCUT2D eigenvalue weighted by atomic mass is 19.1. The number of unbranched alkanes of at least 4 members (excludes halogenated alkanes) is 2. The zero-order valence-corrected chi connectivity index (χ0v) is 19.8. The molecule has 1 unspecified atom stereocenters. The number of ketones is 1. The SMILES string of the molecule is CCCCCOc1ccc(/C(O)=C2\C(=O)C(=O)N(c3cccc(F)c3)C2c2ccccc2C)cc1. The van der Waals surface area contributed by atoms with Gasteiger partial charge in [0.15, 0.2) is 0 Å². The van der Waals surface area contributed by atoms with Gasteiger partial charge in [-0.1, -0.05) is 50.1 Å². The van der Waals surface area contributed by atoms with Crippen molar-refractivity contribution in [1.29, 1.82) is 0 Å². The van der Waals surface area contributed by atoms with Gasteiger partial charge >= 0.3 is 0 Å². The third-order valence-corrected chi connectivity index (χ3v) is 6.16. The first-order valence-corrected chi connectivity index (χ1v) is 11.8. The fourth-order valence-corrected chi connectivity index (χ4v) is 4.32. The van der Waals surface area contributed by atoms with Gasteiger partial charge in [-0.2, -0.15) is 0 Å². The number of aryl methyl sites for hydroxylation is 1. The van der Waals surface area contributed by atoms with Gasteiger partial charge in [0, 0.05) is 11.3 Å². The maximum absolute atomic E-state index is 14.0. The zero-order valence-electron chi connectivity index (χ0n) is 19.8. The smallest absolute Gasteiger partial charge is 0.300 e. The van der Waals surface area contributed by atoms with Crippen LogP contribution in [0.5, 0.6) is 5.75 Å². The van der Waals surface area contributed by atoms with E-state index < -0.39 is 23.5 Å².